The highest BCUT2D eigenvalue weighted by Crippen LogP contribution is 2.32. The number of halogens is 2. The first kappa shape index (κ1) is 21.1. The first-order chi connectivity index (χ1) is 16.5. The number of rotatable bonds is 4. The molecule has 0 atom stereocenters. The lowest BCUT2D eigenvalue weighted by Crippen LogP contribution is -2.45. The maximum absolute atomic E-state index is 15.0. The molecule has 10 heteroatoms. The zero-order valence-electron chi connectivity index (χ0n) is 18.9. The van der Waals surface area contributed by atoms with Gasteiger partial charge in [-0.2, -0.15) is 0 Å². The van der Waals surface area contributed by atoms with Gasteiger partial charge in [0.15, 0.2) is 11.6 Å². The molecule has 2 aliphatic rings. The van der Waals surface area contributed by atoms with Gasteiger partial charge in [-0.1, -0.05) is 6.07 Å². The van der Waals surface area contributed by atoms with E-state index in [0.29, 0.717) is 16.9 Å². The van der Waals surface area contributed by atoms with Crippen LogP contribution in [-0.2, 0) is 13.0 Å². The molecule has 0 aliphatic carbocycles. The van der Waals surface area contributed by atoms with Crippen LogP contribution >= 0.6 is 0 Å². The standard InChI is InChI=1S/C24H24F2N8/c1-13-29-23-17(25)7-15(8-20(23)34(13)16-11-33(2)12-16)22-18(26)10-28-24(32-22)31-21-4-3-14-9-27-6-5-19(14)30-21/h3-4,7-8,10,16,27H,5-6,9,11-12H2,1-2H3,(H,28,30,31,32). The lowest BCUT2D eigenvalue weighted by molar-refractivity contribution is 0.142. The molecular weight excluding hydrogens is 438 g/mol. The molecule has 1 saturated heterocycles. The number of hydrogen-bond acceptors (Lipinski definition) is 7. The number of likely N-dealkylation sites (tertiary alicyclic amines) is 1. The number of nitrogens with one attached hydrogen (secondary N) is 2. The van der Waals surface area contributed by atoms with Gasteiger partial charge >= 0.3 is 0 Å². The van der Waals surface area contributed by atoms with Gasteiger partial charge in [0.05, 0.1) is 17.8 Å². The maximum atomic E-state index is 15.0. The molecule has 0 radical (unpaired) electrons. The molecule has 0 saturated carbocycles. The third kappa shape index (κ3) is 3.59. The van der Waals surface area contributed by atoms with Crippen molar-refractivity contribution in [1.82, 2.24) is 34.7 Å². The smallest absolute Gasteiger partial charge is 0.229 e. The SMILES string of the molecule is Cc1nc2c(F)cc(-c3nc(Nc4ccc5c(n4)CCNC5)ncc3F)cc2n1C1CN(C)C1. The summed E-state index contributed by atoms with van der Waals surface area (Å²) in [7, 11) is 2.04. The van der Waals surface area contributed by atoms with Crippen LogP contribution in [-0.4, -0.2) is 56.1 Å². The first-order valence-corrected chi connectivity index (χ1v) is 11.3. The molecule has 1 aromatic carbocycles. The Balaban J connectivity index is 1.37. The van der Waals surface area contributed by atoms with Crippen LogP contribution in [0, 0.1) is 18.6 Å². The van der Waals surface area contributed by atoms with Crippen molar-refractivity contribution in [3.05, 3.63) is 59.2 Å². The number of nitrogens with zero attached hydrogens (tertiary/aromatic N) is 6. The predicted molar refractivity (Wildman–Crippen MR) is 125 cm³/mol. The summed E-state index contributed by atoms with van der Waals surface area (Å²) in [6.45, 7) is 5.26. The molecule has 6 rings (SSSR count). The van der Waals surface area contributed by atoms with Crippen LogP contribution < -0.4 is 10.6 Å². The molecular formula is C24H24F2N8. The minimum Gasteiger partial charge on any atom is -0.322 e. The Morgan fingerprint density at radius 2 is 1.94 bits per heavy atom. The minimum atomic E-state index is -0.625. The van der Waals surface area contributed by atoms with Gasteiger partial charge in [0, 0.05) is 43.9 Å². The lowest BCUT2D eigenvalue weighted by atomic mass is 10.1. The van der Waals surface area contributed by atoms with Gasteiger partial charge in [0.1, 0.15) is 22.9 Å². The quantitative estimate of drug-likeness (QED) is 0.481. The number of fused-ring (bicyclic) bond motifs is 2. The Morgan fingerprint density at radius 1 is 1.09 bits per heavy atom. The van der Waals surface area contributed by atoms with Gasteiger partial charge in [-0.05, 0) is 37.7 Å². The van der Waals surface area contributed by atoms with Crippen molar-refractivity contribution in [3.8, 4) is 11.3 Å². The van der Waals surface area contributed by atoms with Crippen LogP contribution in [0.15, 0.2) is 30.5 Å². The van der Waals surface area contributed by atoms with E-state index in [1.807, 2.05) is 30.7 Å². The Hall–Kier alpha value is -3.50. The van der Waals surface area contributed by atoms with Crippen molar-refractivity contribution in [2.45, 2.75) is 25.9 Å². The van der Waals surface area contributed by atoms with Gasteiger partial charge in [-0.25, -0.2) is 28.7 Å². The van der Waals surface area contributed by atoms with E-state index in [4.69, 9.17) is 0 Å². The van der Waals surface area contributed by atoms with Crippen LogP contribution in [0.5, 0.6) is 0 Å². The van der Waals surface area contributed by atoms with Crippen molar-refractivity contribution in [2.75, 3.05) is 32.0 Å². The molecule has 2 aliphatic heterocycles. The molecule has 5 heterocycles. The van der Waals surface area contributed by atoms with Gasteiger partial charge in [0.25, 0.3) is 0 Å². The van der Waals surface area contributed by atoms with E-state index >= 15 is 4.39 Å². The van der Waals surface area contributed by atoms with E-state index in [0.717, 1.165) is 55.9 Å². The molecule has 174 valence electrons. The van der Waals surface area contributed by atoms with Crippen LogP contribution in [0.4, 0.5) is 20.5 Å². The number of aryl methyl sites for hydroxylation is 1. The summed E-state index contributed by atoms with van der Waals surface area (Å²) in [5.41, 5.74) is 3.47. The van der Waals surface area contributed by atoms with Crippen LogP contribution in [0.3, 0.4) is 0 Å². The Bertz CT molecular complexity index is 1410. The molecule has 0 unspecified atom stereocenters. The van der Waals surface area contributed by atoms with E-state index in [2.05, 4.69) is 35.5 Å². The maximum Gasteiger partial charge on any atom is 0.229 e. The van der Waals surface area contributed by atoms with Crippen molar-refractivity contribution < 1.29 is 8.78 Å². The minimum absolute atomic E-state index is 0.0246. The Morgan fingerprint density at radius 3 is 2.76 bits per heavy atom. The number of benzene rings is 1. The fourth-order valence-electron chi connectivity index (χ4n) is 4.85. The molecule has 0 bridgehead atoms. The van der Waals surface area contributed by atoms with Gasteiger partial charge in [0.2, 0.25) is 5.95 Å². The third-order valence-electron chi connectivity index (χ3n) is 6.51. The summed E-state index contributed by atoms with van der Waals surface area (Å²) in [5, 5.41) is 6.38. The largest absolute Gasteiger partial charge is 0.322 e. The summed E-state index contributed by atoms with van der Waals surface area (Å²) in [5.74, 6) is 0.397. The molecule has 1 fully saturated rings. The number of imidazole rings is 1. The monoisotopic (exact) mass is 462 g/mol. The Labute approximate surface area is 195 Å². The van der Waals surface area contributed by atoms with Crippen molar-refractivity contribution >= 4 is 22.8 Å². The number of pyridine rings is 1. The number of hydrogen-bond donors (Lipinski definition) is 2. The van der Waals surface area contributed by atoms with E-state index in [1.165, 1.54) is 6.07 Å². The van der Waals surface area contributed by atoms with Crippen molar-refractivity contribution in [2.24, 2.45) is 0 Å². The fraction of sp³-hybridized carbons (Fsp3) is 0.333. The highest BCUT2D eigenvalue weighted by Gasteiger charge is 2.29. The van der Waals surface area contributed by atoms with E-state index in [9.17, 15) is 4.39 Å². The molecule has 34 heavy (non-hydrogen) atoms. The highest BCUT2D eigenvalue weighted by molar-refractivity contribution is 5.83. The lowest BCUT2D eigenvalue weighted by Gasteiger charge is -2.38. The second kappa shape index (κ2) is 8.07. The summed E-state index contributed by atoms with van der Waals surface area (Å²) in [6.07, 6.45) is 1.93. The van der Waals surface area contributed by atoms with Crippen LogP contribution in [0.1, 0.15) is 23.1 Å². The summed E-state index contributed by atoms with van der Waals surface area (Å²) in [4.78, 5) is 19.7. The van der Waals surface area contributed by atoms with E-state index < -0.39 is 11.6 Å². The van der Waals surface area contributed by atoms with Crippen molar-refractivity contribution in [3.63, 3.8) is 0 Å². The average molecular weight is 463 g/mol. The van der Waals surface area contributed by atoms with Crippen LogP contribution in [0.2, 0.25) is 0 Å². The molecule has 8 nitrogen and oxygen atoms in total. The van der Waals surface area contributed by atoms with E-state index in [-0.39, 0.29) is 23.2 Å². The summed E-state index contributed by atoms with van der Waals surface area (Å²) in [6, 6.07) is 7.11. The average Bonchev–Trinajstić information content (AvgIpc) is 3.14. The predicted octanol–water partition coefficient (Wildman–Crippen LogP) is 3.35. The van der Waals surface area contributed by atoms with Crippen molar-refractivity contribution in [1.29, 1.82) is 0 Å². The Kier molecular flexibility index (Phi) is 5.00. The van der Waals surface area contributed by atoms with Gasteiger partial charge in [-0.15, -0.1) is 0 Å². The number of anilines is 2. The third-order valence-corrected chi connectivity index (χ3v) is 6.51. The van der Waals surface area contributed by atoms with Gasteiger partial charge < -0.3 is 20.1 Å². The zero-order chi connectivity index (χ0) is 23.4. The molecule has 4 aromatic rings. The second-order valence-electron chi connectivity index (χ2n) is 8.97. The zero-order valence-corrected chi connectivity index (χ0v) is 18.9. The highest BCUT2D eigenvalue weighted by atomic mass is 19.1. The molecule has 2 N–H and O–H groups in total. The topological polar surface area (TPSA) is 83.8 Å². The number of aromatic nitrogens is 5. The van der Waals surface area contributed by atoms with Gasteiger partial charge in [-0.3, -0.25) is 0 Å². The summed E-state index contributed by atoms with van der Waals surface area (Å²) < 4.78 is 31.9. The molecule has 3 aromatic heterocycles. The second-order valence-corrected chi connectivity index (χ2v) is 8.97. The fourth-order valence-corrected chi connectivity index (χ4v) is 4.85. The number of likely N-dealkylation sites (N-methyl/N-ethyl adjacent to an activating group) is 1. The van der Waals surface area contributed by atoms with E-state index in [1.54, 1.807) is 6.07 Å². The van der Waals surface area contributed by atoms with Crippen LogP contribution in [0.25, 0.3) is 22.3 Å². The summed E-state index contributed by atoms with van der Waals surface area (Å²) >= 11 is 0. The normalized spacial score (nSPS) is 16.5. The first-order valence-electron chi connectivity index (χ1n) is 11.3. The molecule has 0 amide bonds. The molecule has 0 spiro atoms.